The molecule has 3 rings (SSSR count). The second-order valence-electron chi connectivity index (χ2n) is 5.55. The molecule has 6 heteroatoms. The first kappa shape index (κ1) is 13.9. The number of nitrogens with zero attached hydrogens (tertiary/aromatic N) is 2. The first-order chi connectivity index (χ1) is 10.1. The van der Waals surface area contributed by atoms with Gasteiger partial charge in [0.2, 0.25) is 5.91 Å². The Morgan fingerprint density at radius 2 is 1.95 bits per heavy atom. The highest BCUT2D eigenvalue weighted by atomic mass is 19.1. The summed E-state index contributed by atoms with van der Waals surface area (Å²) in [7, 11) is 1.46. The Hall–Kier alpha value is -2.11. The Morgan fingerprint density at radius 3 is 2.52 bits per heavy atom. The lowest BCUT2D eigenvalue weighted by atomic mass is 10.2. The third-order valence-corrected chi connectivity index (χ3v) is 4.12. The molecule has 0 aromatic heterocycles. The fourth-order valence-electron chi connectivity index (χ4n) is 2.88. The van der Waals surface area contributed by atoms with Gasteiger partial charge in [0.1, 0.15) is 11.9 Å². The maximum Gasteiger partial charge on any atom is 0.251 e. The third kappa shape index (κ3) is 2.57. The summed E-state index contributed by atoms with van der Waals surface area (Å²) in [5, 5.41) is 2.94. The topological polar surface area (TPSA) is 52.7 Å². The zero-order valence-electron chi connectivity index (χ0n) is 11.9. The van der Waals surface area contributed by atoms with Crippen LogP contribution in [0.2, 0.25) is 0 Å². The minimum Gasteiger partial charge on any atom is -0.373 e. The van der Waals surface area contributed by atoms with Crippen LogP contribution >= 0.6 is 0 Å². The summed E-state index contributed by atoms with van der Waals surface area (Å²) in [5.41, 5.74) is 1.13. The molecule has 2 amide bonds. The lowest BCUT2D eigenvalue weighted by molar-refractivity contribution is -0.136. The number of amides is 2. The van der Waals surface area contributed by atoms with Crippen molar-refractivity contribution in [2.45, 2.75) is 25.3 Å². The number of hydrogen-bond donors (Lipinski definition) is 1. The first-order valence-corrected chi connectivity index (χ1v) is 7.17. The summed E-state index contributed by atoms with van der Waals surface area (Å²) < 4.78 is 14.2. The van der Waals surface area contributed by atoms with Crippen LogP contribution in [0.4, 0.5) is 15.8 Å². The minimum absolute atomic E-state index is 0.116. The van der Waals surface area contributed by atoms with E-state index in [0.29, 0.717) is 11.4 Å². The summed E-state index contributed by atoms with van der Waals surface area (Å²) in [6.07, 6.45) is 2.29. The molecule has 2 aliphatic rings. The van der Waals surface area contributed by atoms with E-state index in [-0.39, 0.29) is 24.1 Å². The molecule has 1 aromatic rings. The van der Waals surface area contributed by atoms with Crippen LogP contribution in [0.1, 0.15) is 19.3 Å². The van der Waals surface area contributed by atoms with Crippen molar-refractivity contribution in [2.24, 2.45) is 0 Å². The van der Waals surface area contributed by atoms with Crippen LogP contribution in [0.5, 0.6) is 0 Å². The van der Waals surface area contributed by atoms with Gasteiger partial charge in [0.05, 0.1) is 12.1 Å². The van der Waals surface area contributed by atoms with Gasteiger partial charge < -0.3 is 10.2 Å². The molecule has 1 unspecified atom stereocenters. The number of carbonyl (C=O) groups is 2. The van der Waals surface area contributed by atoms with Crippen molar-refractivity contribution in [3.63, 3.8) is 0 Å². The SMILES string of the molecule is CN1C(=O)CC(Nc2ccc(N3CCCC3)c(F)c2)C1=O. The highest BCUT2D eigenvalue weighted by molar-refractivity contribution is 6.06. The van der Waals surface area contributed by atoms with Crippen molar-refractivity contribution in [1.82, 2.24) is 4.90 Å². The molecule has 1 atom stereocenters. The third-order valence-electron chi connectivity index (χ3n) is 4.12. The average Bonchev–Trinajstić information content (AvgIpc) is 3.05. The molecule has 2 heterocycles. The van der Waals surface area contributed by atoms with E-state index in [1.165, 1.54) is 13.1 Å². The molecule has 21 heavy (non-hydrogen) atoms. The molecule has 1 aromatic carbocycles. The van der Waals surface area contributed by atoms with Gasteiger partial charge in [-0.1, -0.05) is 0 Å². The van der Waals surface area contributed by atoms with E-state index >= 15 is 0 Å². The predicted molar refractivity (Wildman–Crippen MR) is 77.7 cm³/mol. The van der Waals surface area contributed by atoms with E-state index in [9.17, 15) is 14.0 Å². The van der Waals surface area contributed by atoms with Crippen LogP contribution in [0.15, 0.2) is 18.2 Å². The lowest BCUT2D eigenvalue weighted by Crippen LogP contribution is -2.31. The number of nitrogens with one attached hydrogen (secondary N) is 1. The molecule has 5 nitrogen and oxygen atoms in total. The van der Waals surface area contributed by atoms with Gasteiger partial charge in [0.25, 0.3) is 5.91 Å². The van der Waals surface area contributed by atoms with Gasteiger partial charge in [0.15, 0.2) is 0 Å². The smallest absolute Gasteiger partial charge is 0.251 e. The molecule has 2 fully saturated rings. The Balaban J connectivity index is 1.74. The molecular formula is C15H18FN3O2. The second kappa shape index (κ2) is 5.35. The molecular weight excluding hydrogens is 273 g/mol. The molecule has 0 spiro atoms. The molecule has 1 N–H and O–H groups in total. The summed E-state index contributed by atoms with van der Waals surface area (Å²) in [5.74, 6) is -0.789. The van der Waals surface area contributed by atoms with Crippen LogP contribution < -0.4 is 10.2 Å². The largest absolute Gasteiger partial charge is 0.373 e. The molecule has 0 radical (unpaired) electrons. The van der Waals surface area contributed by atoms with Crippen LogP contribution in [-0.4, -0.2) is 42.9 Å². The summed E-state index contributed by atoms with van der Waals surface area (Å²) >= 11 is 0. The standard InChI is InChI=1S/C15H18FN3O2/c1-18-14(20)9-12(15(18)21)17-10-4-5-13(11(16)8-10)19-6-2-3-7-19/h4-5,8,12,17H,2-3,6-7,9H2,1H3. The highest BCUT2D eigenvalue weighted by Crippen LogP contribution is 2.27. The van der Waals surface area contributed by atoms with Gasteiger partial charge in [-0.25, -0.2) is 4.39 Å². The number of benzene rings is 1. The van der Waals surface area contributed by atoms with Gasteiger partial charge in [-0.15, -0.1) is 0 Å². The monoisotopic (exact) mass is 291 g/mol. The minimum atomic E-state index is -0.598. The average molecular weight is 291 g/mol. The van der Waals surface area contributed by atoms with Crippen molar-refractivity contribution in [2.75, 3.05) is 30.4 Å². The van der Waals surface area contributed by atoms with Crippen LogP contribution in [0.3, 0.4) is 0 Å². The number of imide groups is 1. The quantitative estimate of drug-likeness (QED) is 0.859. The van der Waals surface area contributed by atoms with E-state index in [0.717, 1.165) is 30.8 Å². The molecule has 0 aliphatic carbocycles. The van der Waals surface area contributed by atoms with Gasteiger partial charge >= 0.3 is 0 Å². The summed E-state index contributed by atoms with van der Waals surface area (Å²) in [4.78, 5) is 26.4. The number of anilines is 2. The maximum absolute atomic E-state index is 14.2. The van der Waals surface area contributed by atoms with Gasteiger partial charge in [-0.2, -0.15) is 0 Å². The number of carbonyl (C=O) groups excluding carboxylic acids is 2. The van der Waals surface area contributed by atoms with Gasteiger partial charge in [-0.05, 0) is 31.0 Å². The van der Waals surface area contributed by atoms with Crippen molar-refractivity contribution >= 4 is 23.2 Å². The molecule has 2 saturated heterocycles. The fourth-order valence-corrected chi connectivity index (χ4v) is 2.88. The van der Waals surface area contributed by atoms with E-state index in [4.69, 9.17) is 0 Å². The zero-order valence-corrected chi connectivity index (χ0v) is 11.9. The number of likely N-dealkylation sites (N-methyl/N-ethyl adjacent to an activating group) is 1. The van der Waals surface area contributed by atoms with E-state index in [1.807, 2.05) is 4.90 Å². The van der Waals surface area contributed by atoms with Crippen molar-refractivity contribution in [1.29, 1.82) is 0 Å². The van der Waals surface area contributed by atoms with Crippen LogP contribution in [0, 0.1) is 5.82 Å². The molecule has 2 aliphatic heterocycles. The summed E-state index contributed by atoms with van der Waals surface area (Å²) in [6.45, 7) is 1.76. The lowest BCUT2D eigenvalue weighted by Gasteiger charge is -2.19. The maximum atomic E-state index is 14.2. The normalized spacial score (nSPS) is 22.3. The van der Waals surface area contributed by atoms with E-state index in [2.05, 4.69) is 5.32 Å². The Labute approximate surface area is 122 Å². The first-order valence-electron chi connectivity index (χ1n) is 7.17. The van der Waals surface area contributed by atoms with Crippen LogP contribution in [0.25, 0.3) is 0 Å². The van der Waals surface area contributed by atoms with Gasteiger partial charge in [0, 0.05) is 25.8 Å². The molecule has 0 bridgehead atoms. The summed E-state index contributed by atoms with van der Waals surface area (Å²) in [6, 6.07) is 4.28. The Kier molecular flexibility index (Phi) is 3.53. The predicted octanol–water partition coefficient (Wildman–Crippen LogP) is 1.60. The number of halogens is 1. The Bertz CT molecular complexity index is 584. The van der Waals surface area contributed by atoms with Crippen LogP contribution in [-0.2, 0) is 9.59 Å². The highest BCUT2D eigenvalue weighted by Gasteiger charge is 2.36. The molecule has 0 saturated carbocycles. The van der Waals surface area contributed by atoms with E-state index in [1.54, 1.807) is 12.1 Å². The number of likely N-dealkylation sites (tertiary alicyclic amines) is 1. The van der Waals surface area contributed by atoms with Crippen molar-refractivity contribution in [3.8, 4) is 0 Å². The molecule has 112 valence electrons. The fraction of sp³-hybridized carbons (Fsp3) is 0.467. The zero-order chi connectivity index (χ0) is 15.0. The number of rotatable bonds is 3. The van der Waals surface area contributed by atoms with Crippen molar-refractivity contribution in [3.05, 3.63) is 24.0 Å². The van der Waals surface area contributed by atoms with Crippen molar-refractivity contribution < 1.29 is 14.0 Å². The van der Waals surface area contributed by atoms with E-state index < -0.39 is 6.04 Å². The van der Waals surface area contributed by atoms with Gasteiger partial charge in [-0.3, -0.25) is 14.5 Å². The second-order valence-corrected chi connectivity index (χ2v) is 5.55. The Morgan fingerprint density at radius 1 is 1.24 bits per heavy atom. The number of hydrogen-bond acceptors (Lipinski definition) is 4.